The fraction of sp³-hybridized carbons (Fsp3) is 0.875. The second-order valence-corrected chi connectivity index (χ2v) is 5.57. The van der Waals surface area contributed by atoms with Crippen molar-refractivity contribution in [2.24, 2.45) is 11.7 Å². The highest BCUT2D eigenvalue weighted by Crippen LogP contribution is 2.32. The quantitative estimate of drug-likeness (QED) is 0.399. The summed E-state index contributed by atoms with van der Waals surface area (Å²) in [4.78, 5) is 0. The number of nitrogens with two attached hydrogens (primary N) is 1. The van der Waals surface area contributed by atoms with Crippen LogP contribution in [0, 0.1) is 11.3 Å². The van der Waals surface area contributed by atoms with E-state index in [9.17, 15) is 8.42 Å². The molecule has 4 N–H and O–H groups in total. The molecular weight excluding hydrogens is 218 g/mol. The molecule has 0 aromatic heterocycles. The van der Waals surface area contributed by atoms with Crippen LogP contribution in [0.4, 0.5) is 0 Å². The molecule has 0 bridgehead atoms. The minimum absolute atomic E-state index is 0.0972. The Morgan fingerprint density at radius 3 is 2.67 bits per heavy atom. The van der Waals surface area contributed by atoms with Gasteiger partial charge in [-0.3, -0.25) is 5.41 Å². The van der Waals surface area contributed by atoms with Crippen molar-refractivity contribution in [1.29, 1.82) is 5.41 Å². The molecule has 6 nitrogen and oxygen atoms in total. The first-order chi connectivity index (χ1) is 6.96. The van der Waals surface area contributed by atoms with E-state index in [1.54, 1.807) is 0 Å². The average Bonchev–Trinajstić information content (AvgIpc) is 2.94. The van der Waals surface area contributed by atoms with Crippen molar-refractivity contribution in [3.05, 3.63) is 0 Å². The molecule has 0 amide bonds. The van der Waals surface area contributed by atoms with Crippen LogP contribution in [-0.4, -0.2) is 39.8 Å². The maximum Gasteiger partial charge on any atom is 0.214 e. The van der Waals surface area contributed by atoms with Gasteiger partial charge < -0.3 is 10.5 Å². The van der Waals surface area contributed by atoms with Crippen molar-refractivity contribution in [2.75, 3.05) is 19.5 Å². The van der Waals surface area contributed by atoms with Crippen molar-refractivity contribution in [2.45, 2.75) is 18.9 Å². The van der Waals surface area contributed by atoms with Crippen LogP contribution in [0.2, 0.25) is 0 Å². The van der Waals surface area contributed by atoms with Crippen LogP contribution >= 0.6 is 0 Å². The number of rotatable bonds is 7. The Balaban J connectivity index is 2.53. The number of nitrogens with one attached hydrogen (secondary N) is 2. The Morgan fingerprint density at radius 1 is 1.67 bits per heavy atom. The van der Waals surface area contributed by atoms with Gasteiger partial charge in [0.25, 0.3) is 0 Å². The molecule has 15 heavy (non-hydrogen) atoms. The molecule has 1 atom stereocenters. The first kappa shape index (κ1) is 12.4. The Bertz CT molecular complexity index is 324. The maximum atomic E-state index is 11.5. The zero-order valence-electron chi connectivity index (χ0n) is 8.69. The predicted octanol–water partition coefficient (Wildman–Crippen LogP) is -0.733. The molecule has 0 heterocycles. The molecule has 1 rings (SSSR count). The van der Waals surface area contributed by atoms with Crippen molar-refractivity contribution >= 4 is 15.9 Å². The van der Waals surface area contributed by atoms with Gasteiger partial charge in [0.15, 0.2) is 0 Å². The lowest BCUT2D eigenvalue weighted by atomic mass is 10.2. The summed E-state index contributed by atoms with van der Waals surface area (Å²) in [6, 6.07) is -0.535. The standard InChI is InChI=1S/C8H17N3O3S/c1-14-4-5-15(12,13)11-7(8(9)10)6-2-3-6/h6-7,11H,2-5H2,1H3,(H3,9,10). The normalized spacial score (nSPS) is 18.7. The fourth-order valence-corrected chi connectivity index (χ4v) is 2.50. The molecule has 0 saturated heterocycles. The van der Waals surface area contributed by atoms with E-state index >= 15 is 0 Å². The molecule has 1 aliphatic carbocycles. The van der Waals surface area contributed by atoms with Gasteiger partial charge in [0, 0.05) is 7.11 Å². The van der Waals surface area contributed by atoms with Gasteiger partial charge in [-0.1, -0.05) is 0 Å². The van der Waals surface area contributed by atoms with E-state index in [2.05, 4.69) is 4.72 Å². The van der Waals surface area contributed by atoms with Gasteiger partial charge in [0.2, 0.25) is 10.0 Å². The van der Waals surface area contributed by atoms with E-state index in [-0.39, 0.29) is 24.1 Å². The van der Waals surface area contributed by atoms with Gasteiger partial charge in [0.1, 0.15) is 5.84 Å². The minimum Gasteiger partial charge on any atom is -0.386 e. The number of hydrogen-bond donors (Lipinski definition) is 3. The molecule has 0 spiro atoms. The zero-order valence-corrected chi connectivity index (χ0v) is 9.51. The van der Waals surface area contributed by atoms with E-state index in [4.69, 9.17) is 15.9 Å². The smallest absolute Gasteiger partial charge is 0.214 e. The minimum atomic E-state index is -3.39. The molecule has 1 fully saturated rings. The molecule has 0 aliphatic heterocycles. The summed E-state index contributed by atoms with van der Waals surface area (Å²) < 4.78 is 30.1. The summed E-state index contributed by atoms with van der Waals surface area (Å²) in [5, 5.41) is 7.30. The SMILES string of the molecule is COCCS(=O)(=O)NC(C(=N)N)C1CC1. The van der Waals surface area contributed by atoms with Crippen LogP contribution in [-0.2, 0) is 14.8 Å². The molecule has 0 radical (unpaired) electrons. The lowest BCUT2D eigenvalue weighted by molar-refractivity contribution is 0.217. The number of ether oxygens (including phenoxy) is 1. The monoisotopic (exact) mass is 235 g/mol. The third kappa shape index (κ3) is 4.15. The first-order valence-electron chi connectivity index (χ1n) is 4.79. The van der Waals surface area contributed by atoms with Gasteiger partial charge in [-0.15, -0.1) is 0 Å². The van der Waals surface area contributed by atoms with Gasteiger partial charge in [-0.2, -0.15) is 0 Å². The lowest BCUT2D eigenvalue weighted by Crippen LogP contribution is -2.46. The van der Waals surface area contributed by atoms with E-state index in [0.717, 1.165) is 12.8 Å². The third-order valence-corrected chi connectivity index (χ3v) is 3.61. The van der Waals surface area contributed by atoms with E-state index in [1.807, 2.05) is 0 Å². The highest BCUT2D eigenvalue weighted by Gasteiger charge is 2.35. The molecule has 1 unspecified atom stereocenters. The maximum absolute atomic E-state index is 11.5. The second-order valence-electron chi connectivity index (χ2n) is 3.70. The molecule has 88 valence electrons. The number of sulfonamides is 1. The van der Waals surface area contributed by atoms with Gasteiger partial charge in [0.05, 0.1) is 18.4 Å². The Hall–Kier alpha value is -0.660. The van der Waals surface area contributed by atoms with Crippen LogP contribution in [0.1, 0.15) is 12.8 Å². The summed E-state index contributed by atoms with van der Waals surface area (Å²) in [7, 11) is -1.95. The average molecular weight is 235 g/mol. The topological polar surface area (TPSA) is 105 Å². The van der Waals surface area contributed by atoms with Crippen molar-refractivity contribution in [3.63, 3.8) is 0 Å². The number of amidine groups is 1. The summed E-state index contributed by atoms with van der Waals surface area (Å²) >= 11 is 0. The van der Waals surface area contributed by atoms with Crippen molar-refractivity contribution in [3.8, 4) is 0 Å². The Labute approximate surface area is 89.7 Å². The van der Waals surface area contributed by atoms with Gasteiger partial charge in [-0.05, 0) is 18.8 Å². The molecule has 1 saturated carbocycles. The van der Waals surface area contributed by atoms with Crippen LogP contribution < -0.4 is 10.5 Å². The first-order valence-corrected chi connectivity index (χ1v) is 6.44. The lowest BCUT2D eigenvalue weighted by Gasteiger charge is -2.16. The van der Waals surface area contributed by atoms with Gasteiger partial charge >= 0.3 is 0 Å². The number of hydrogen-bond acceptors (Lipinski definition) is 4. The fourth-order valence-electron chi connectivity index (χ4n) is 1.29. The predicted molar refractivity (Wildman–Crippen MR) is 57.2 cm³/mol. The zero-order chi connectivity index (χ0) is 11.5. The molecule has 1 aliphatic rings. The van der Waals surface area contributed by atoms with Crippen LogP contribution in [0.5, 0.6) is 0 Å². The third-order valence-electron chi connectivity index (χ3n) is 2.29. The van der Waals surface area contributed by atoms with Crippen molar-refractivity contribution < 1.29 is 13.2 Å². The molecule has 7 heteroatoms. The Morgan fingerprint density at radius 2 is 2.27 bits per heavy atom. The van der Waals surface area contributed by atoms with E-state index in [1.165, 1.54) is 7.11 Å². The molecule has 0 aromatic rings. The van der Waals surface area contributed by atoms with Crippen LogP contribution in [0.3, 0.4) is 0 Å². The summed E-state index contributed by atoms with van der Waals surface area (Å²) in [6.45, 7) is 0.143. The number of methoxy groups -OCH3 is 1. The highest BCUT2D eigenvalue weighted by molar-refractivity contribution is 7.89. The highest BCUT2D eigenvalue weighted by atomic mass is 32.2. The molecular formula is C8H17N3O3S. The van der Waals surface area contributed by atoms with Gasteiger partial charge in [-0.25, -0.2) is 13.1 Å². The second kappa shape index (κ2) is 4.91. The van der Waals surface area contributed by atoms with Crippen LogP contribution in [0.15, 0.2) is 0 Å². The van der Waals surface area contributed by atoms with Crippen LogP contribution in [0.25, 0.3) is 0 Å². The summed E-state index contributed by atoms with van der Waals surface area (Å²) in [5.41, 5.74) is 5.34. The molecule has 0 aromatic carbocycles. The Kier molecular flexibility index (Phi) is 4.06. The van der Waals surface area contributed by atoms with Crippen molar-refractivity contribution in [1.82, 2.24) is 4.72 Å². The van der Waals surface area contributed by atoms with E-state index < -0.39 is 16.1 Å². The largest absolute Gasteiger partial charge is 0.386 e. The summed E-state index contributed by atoms with van der Waals surface area (Å²) in [5.74, 6) is -0.0155. The van der Waals surface area contributed by atoms with E-state index in [0.29, 0.717) is 0 Å². The summed E-state index contributed by atoms with van der Waals surface area (Å²) in [6.07, 6.45) is 1.86.